The molecule has 0 fully saturated rings. The normalized spacial score (nSPS) is 18.7. The summed E-state index contributed by atoms with van der Waals surface area (Å²) >= 11 is 0. The second-order valence-electron chi connectivity index (χ2n) is 7.48. The van der Waals surface area contributed by atoms with Crippen LogP contribution in [0.1, 0.15) is 41.0 Å². The third kappa shape index (κ3) is 3.01. The maximum atomic E-state index is 12.3. The van der Waals surface area contributed by atoms with Gasteiger partial charge in [0.05, 0.1) is 5.69 Å². The Balaban J connectivity index is 1.90. The zero-order valence-electron chi connectivity index (χ0n) is 16.3. The molecule has 4 rings (SSSR count). The number of aromatic amines is 1. The van der Waals surface area contributed by atoms with Gasteiger partial charge < -0.3 is 30.8 Å². The zero-order chi connectivity index (χ0) is 20.9. The van der Waals surface area contributed by atoms with Crippen molar-refractivity contribution in [2.24, 2.45) is 5.73 Å². The highest BCUT2D eigenvalue weighted by Crippen LogP contribution is 2.35. The van der Waals surface area contributed by atoms with Gasteiger partial charge in [0.2, 0.25) is 0 Å². The number of aromatic hydroxyl groups is 1. The molecule has 0 bridgehead atoms. The lowest BCUT2D eigenvalue weighted by molar-refractivity contribution is 0.0691. The highest BCUT2D eigenvalue weighted by Gasteiger charge is 2.26. The van der Waals surface area contributed by atoms with E-state index in [2.05, 4.69) is 20.9 Å². The molecule has 152 valence electrons. The lowest BCUT2D eigenvalue weighted by Gasteiger charge is -2.29. The number of rotatable bonds is 4. The van der Waals surface area contributed by atoms with E-state index in [1.165, 1.54) is 0 Å². The molecule has 0 amide bonds. The van der Waals surface area contributed by atoms with Crippen molar-refractivity contribution < 1.29 is 15.0 Å². The largest absolute Gasteiger partial charge is 0.506 e. The Morgan fingerprint density at radius 2 is 2.14 bits per heavy atom. The summed E-state index contributed by atoms with van der Waals surface area (Å²) in [6.45, 7) is 2.54. The molecule has 29 heavy (non-hydrogen) atoms. The molecule has 1 aliphatic heterocycles. The maximum absolute atomic E-state index is 12.3. The van der Waals surface area contributed by atoms with E-state index < -0.39 is 22.8 Å². The number of hydrogen-bond donors (Lipinski definition) is 5. The fourth-order valence-corrected chi connectivity index (χ4v) is 4.36. The van der Waals surface area contributed by atoms with Crippen molar-refractivity contribution in [3.63, 3.8) is 0 Å². The van der Waals surface area contributed by atoms with Gasteiger partial charge in [-0.25, -0.2) is 4.79 Å². The number of H-pyrrole nitrogens is 1. The predicted octanol–water partition coefficient (Wildman–Crippen LogP) is 1.95. The van der Waals surface area contributed by atoms with E-state index >= 15 is 0 Å². The van der Waals surface area contributed by atoms with E-state index in [1.54, 1.807) is 6.92 Å². The molecule has 3 heterocycles. The number of hydrogen-bond acceptors (Lipinski definition) is 5. The smallest absolute Gasteiger partial charge is 0.345 e. The summed E-state index contributed by atoms with van der Waals surface area (Å²) < 4.78 is 2.21. The molecule has 0 aliphatic carbocycles. The number of carboxylic acids is 1. The first-order valence-electron chi connectivity index (χ1n) is 9.63. The Bertz CT molecular complexity index is 1180. The summed E-state index contributed by atoms with van der Waals surface area (Å²) in [6.07, 6.45) is 1.23. The predicted molar refractivity (Wildman–Crippen MR) is 110 cm³/mol. The second kappa shape index (κ2) is 7.06. The third-order valence-electron chi connectivity index (χ3n) is 5.74. The molecule has 2 atom stereocenters. The van der Waals surface area contributed by atoms with Gasteiger partial charge in [-0.1, -0.05) is 13.0 Å². The van der Waals surface area contributed by atoms with Crippen molar-refractivity contribution in [1.82, 2.24) is 14.9 Å². The van der Waals surface area contributed by atoms with Crippen LogP contribution in [-0.4, -0.2) is 38.8 Å². The minimum Gasteiger partial charge on any atom is -0.506 e. The van der Waals surface area contributed by atoms with Crippen LogP contribution in [0.25, 0.3) is 22.2 Å². The number of nitrogens with zero attached hydrogens (tertiary/aromatic N) is 1. The number of benzene rings is 1. The second-order valence-corrected chi connectivity index (χ2v) is 7.48. The van der Waals surface area contributed by atoms with Gasteiger partial charge >= 0.3 is 5.97 Å². The Morgan fingerprint density at radius 3 is 2.79 bits per heavy atom. The van der Waals surface area contributed by atoms with Gasteiger partial charge in [0.15, 0.2) is 5.56 Å². The number of nitrogens with two attached hydrogens (primary N) is 1. The number of pyridine rings is 1. The first kappa shape index (κ1) is 19.2. The van der Waals surface area contributed by atoms with Crippen molar-refractivity contribution in [1.29, 1.82) is 0 Å². The monoisotopic (exact) mass is 396 g/mol. The van der Waals surface area contributed by atoms with Crippen LogP contribution in [0, 0.1) is 0 Å². The molecule has 1 unspecified atom stereocenters. The van der Waals surface area contributed by atoms with E-state index in [-0.39, 0.29) is 12.1 Å². The first-order valence-corrected chi connectivity index (χ1v) is 9.63. The molecule has 8 heteroatoms. The zero-order valence-corrected chi connectivity index (χ0v) is 16.3. The summed E-state index contributed by atoms with van der Waals surface area (Å²) in [5, 5.41) is 23.9. The lowest BCUT2D eigenvalue weighted by Crippen LogP contribution is -2.37. The van der Waals surface area contributed by atoms with Gasteiger partial charge in [-0.2, -0.15) is 0 Å². The average Bonchev–Trinajstić information content (AvgIpc) is 3.04. The van der Waals surface area contributed by atoms with Crippen LogP contribution in [0.15, 0.2) is 29.1 Å². The Kier molecular flexibility index (Phi) is 4.68. The van der Waals surface area contributed by atoms with Crippen LogP contribution >= 0.6 is 0 Å². The van der Waals surface area contributed by atoms with E-state index in [0.717, 1.165) is 29.6 Å². The van der Waals surface area contributed by atoms with Crippen molar-refractivity contribution in [2.45, 2.75) is 38.4 Å². The fraction of sp³-hybridized carbons (Fsp3) is 0.333. The standard InChI is InChI=1S/C21H24N4O4/c1-3-13-18(24-20(27)17(19(13)26)21(28)29)10-4-5-15-11(6-10)7-16-14(23-2)8-12(22)9-25(15)16/h4-7,12,14,23H,3,8-9,22H2,1-2H3,(H,28,29)(H2,24,26,27)/t12?,14-/m1/s1. The average molecular weight is 396 g/mol. The van der Waals surface area contributed by atoms with Gasteiger partial charge in [-0.15, -0.1) is 0 Å². The van der Waals surface area contributed by atoms with Crippen molar-refractivity contribution in [3.8, 4) is 17.0 Å². The minimum absolute atomic E-state index is 0.0683. The molecule has 1 aliphatic rings. The molecule has 0 spiro atoms. The third-order valence-corrected chi connectivity index (χ3v) is 5.74. The number of carboxylic acid groups (broad SMARTS) is 1. The van der Waals surface area contributed by atoms with Gasteiger partial charge in [0.25, 0.3) is 5.56 Å². The number of nitrogens with one attached hydrogen (secondary N) is 2. The van der Waals surface area contributed by atoms with Crippen LogP contribution in [0.2, 0.25) is 0 Å². The molecule has 8 nitrogen and oxygen atoms in total. The lowest BCUT2D eigenvalue weighted by atomic mass is 9.99. The minimum atomic E-state index is -1.45. The Hall–Kier alpha value is -3.10. The number of fused-ring (bicyclic) bond motifs is 3. The Morgan fingerprint density at radius 1 is 1.38 bits per heavy atom. The van der Waals surface area contributed by atoms with Gasteiger partial charge in [0, 0.05) is 40.8 Å². The number of aromatic carboxylic acids is 1. The van der Waals surface area contributed by atoms with Crippen molar-refractivity contribution in [3.05, 3.63) is 51.4 Å². The first-order chi connectivity index (χ1) is 13.8. The molecule has 0 saturated carbocycles. The Labute approximate surface area is 167 Å². The van der Waals surface area contributed by atoms with E-state index in [0.29, 0.717) is 23.2 Å². The highest BCUT2D eigenvalue weighted by atomic mass is 16.4. The van der Waals surface area contributed by atoms with Crippen LogP contribution < -0.4 is 16.6 Å². The quantitative estimate of drug-likeness (QED) is 0.458. The van der Waals surface area contributed by atoms with E-state index in [9.17, 15) is 19.8 Å². The van der Waals surface area contributed by atoms with Crippen LogP contribution in [0.5, 0.6) is 5.75 Å². The van der Waals surface area contributed by atoms with E-state index in [1.807, 2.05) is 25.2 Å². The van der Waals surface area contributed by atoms with Gasteiger partial charge in [-0.3, -0.25) is 4.79 Å². The SMILES string of the molecule is CCc1c(-c2ccc3c(c2)cc2n3CC(N)C[C@H]2NC)[nH]c(=O)c(C(=O)O)c1O. The molecule has 6 N–H and O–H groups in total. The molecular weight excluding hydrogens is 372 g/mol. The van der Waals surface area contributed by atoms with E-state index in [4.69, 9.17) is 5.73 Å². The summed E-state index contributed by atoms with van der Waals surface area (Å²) in [5.74, 6) is -1.92. The van der Waals surface area contributed by atoms with Crippen LogP contribution in [0.3, 0.4) is 0 Å². The molecule has 3 aromatic rings. The molecular formula is C21H24N4O4. The number of aromatic nitrogens is 2. The van der Waals surface area contributed by atoms with Crippen LogP contribution in [-0.2, 0) is 13.0 Å². The maximum Gasteiger partial charge on any atom is 0.345 e. The van der Waals surface area contributed by atoms with Crippen molar-refractivity contribution in [2.75, 3.05) is 7.05 Å². The number of carbonyl (C=O) groups is 1. The fourth-order valence-electron chi connectivity index (χ4n) is 4.36. The molecule has 0 saturated heterocycles. The molecule has 1 aromatic carbocycles. The van der Waals surface area contributed by atoms with Crippen molar-refractivity contribution >= 4 is 16.9 Å². The molecule has 2 aromatic heterocycles. The van der Waals surface area contributed by atoms with Gasteiger partial charge in [0.1, 0.15) is 5.75 Å². The molecule has 0 radical (unpaired) electrons. The highest BCUT2D eigenvalue weighted by molar-refractivity contribution is 5.92. The summed E-state index contributed by atoms with van der Waals surface area (Å²) in [6, 6.07) is 8.13. The topological polar surface area (TPSA) is 133 Å². The summed E-state index contributed by atoms with van der Waals surface area (Å²) in [4.78, 5) is 26.2. The van der Waals surface area contributed by atoms with Gasteiger partial charge in [-0.05, 0) is 43.7 Å². The van der Waals surface area contributed by atoms with Crippen LogP contribution in [0.4, 0.5) is 0 Å². The summed E-state index contributed by atoms with van der Waals surface area (Å²) in [7, 11) is 1.92. The summed E-state index contributed by atoms with van der Waals surface area (Å²) in [5.41, 5.74) is 8.54.